The number of terminal acetylenes is 1. The average molecular weight is 358 g/mol. The van der Waals surface area contributed by atoms with E-state index in [-0.39, 0.29) is 18.0 Å². The lowest BCUT2D eigenvalue weighted by molar-refractivity contribution is -0.133. The number of aromatic nitrogens is 1. The third-order valence-corrected chi connectivity index (χ3v) is 4.59. The predicted octanol–water partition coefficient (Wildman–Crippen LogP) is 1.33. The van der Waals surface area contributed by atoms with Crippen molar-refractivity contribution in [1.29, 1.82) is 0 Å². The molecule has 2 unspecified atom stereocenters. The minimum atomic E-state index is -1.51. The number of aliphatic hydroxyl groups is 1. The second-order valence-corrected chi connectivity index (χ2v) is 6.69. The topological polar surface area (TPSA) is 111 Å². The van der Waals surface area contributed by atoms with Crippen molar-refractivity contribution in [3.8, 4) is 12.3 Å². The van der Waals surface area contributed by atoms with Gasteiger partial charge in [0.1, 0.15) is 5.60 Å². The maximum absolute atomic E-state index is 11.6. The van der Waals surface area contributed by atoms with Crippen LogP contribution in [-0.2, 0) is 16.0 Å². The van der Waals surface area contributed by atoms with Crippen LogP contribution in [-0.4, -0.2) is 56.3 Å². The van der Waals surface area contributed by atoms with Gasteiger partial charge in [-0.2, -0.15) is 0 Å². The third-order valence-electron chi connectivity index (χ3n) is 4.59. The van der Waals surface area contributed by atoms with E-state index in [1.165, 1.54) is 13.1 Å². The molecule has 0 bridgehead atoms. The molecule has 2 heterocycles. The van der Waals surface area contributed by atoms with Crippen LogP contribution in [0.5, 0.6) is 0 Å². The van der Waals surface area contributed by atoms with Crippen LogP contribution in [0.1, 0.15) is 42.5 Å². The first-order valence-electron chi connectivity index (χ1n) is 8.21. The van der Waals surface area contributed by atoms with Crippen molar-refractivity contribution in [2.45, 2.75) is 37.8 Å². The van der Waals surface area contributed by atoms with Gasteiger partial charge in [-0.15, -0.1) is 6.42 Å². The van der Waals surface area contributed by atoms with E-state index < -0.39 is 23.1 Å². The fourth-order valence-corrected chi connectivity index (χ4v) is 3.30. The van der Waals surface area contributed by atoms with E-state index in [0.717, 1.165) is 24.9 Å². The van der Waals surface area contributed by atoms with Crippen LogP contribution < -0.4 is 0 Å². The molecule has 0 aromatic carbocycles. The Hall–Kier alpha value is -2.69. The van der Waals surface area contributed by atoms with Crippen molar-refractivity contribution < 1.29 is 24.9 Å². The summed E-state index contributed by atoms with van der Waals surface area (Å²) in [5, 5.41) is 28.9. The van der Waals surface area contributed by atoms with Gasteiger partial charge in [0.15, 0.2) is 0 Å². The lowest BCUT2D eigenvalue weighted by Crippen LogP contribution is -2.28. The number of rotatable bonds is 6. The number of carbonyl (C=O) groups is 2. The molecule has 26 heavy (non-hydrogen) atoms. The summed E-state index contributed by atoms with van der Waals surface area (Å²) in [5.41, 5.74) is -0.467. The van der Waals surface area contributed by atoms with E-state index in [1.807, 2.05) is 7.05 Å². The van der Waals surface area contributed by atoms with Gasteiger partial charge in [0.2, 0.25) is 0 Å². The van der Waals surface area contributed by atoms with Gasteiger partial charge in [0.05, 0.1) is 5.57 Å². The minimum Gasteiger partial charge on any atom is -0.478 e. The molecule has 0 aliphatic carbocycles. The van der Waals surface area contributed by atoms with E-state index in [2.05, 4.69) is 15.8 Å². The van der Waals surface area contributed by atoms with E-state index in [1.54, 1.807) is 6.20 Å². The van der Waals surface area contributed by atoms with E-state index in [4.69, 9.17) is 11.5 Å². The fraction of sp³-hybridized carbons (Fsp3) is 0.421. The molecule has 7 heteroatoms. The largest absolute Gasteiger partial charge is 0.478 e. The Bertz CT molecular complexity index is 792. The molecule has 2 atom stereocenters. The van der Waals surface area contributed by atoms with Gasteiger partial charge in [-0.25, -0.2) is 9.59 Å². The molecular formula is C19H22N2O5. The van der Waals surface area contributed by atoms with E-state index >= 15 is 0 Å². The fourth-order valence-electron chi connectivity index (χ4n) is 3.30. The van der Waals surface area contributed by atoms with Crippen LogP contribution in [0.3, 0.4) is 0 Å². The van der Waals surface area contributed by atoms with Gasteiger partial charge in [0.25, 0.3) is 0 Å². The van der Waals surface area contributed by atoms with Crippen LogP contribution in [0.4, 0.5) is 0 Å². The van der Waals surface area contributed by atoms with Gasteiger partial charge in [0, 0.05) is 36.5 Å². The summed E-state index contributed by atoms with van der Waals surface area (Å²) < 4.78 is 0. The Kier molecular flexibility index (Phi) is 5.80. The molecule has 2 rings (SSSR count). The van der Waals surface area contributed by atoms with Crippen molar-refractivity contribution in [3.05, 3.63) is 35.2 Å². The molecule has 1 aliphatic heterocycles. The van der Waals surface area contributed by atoms with E-state index in [0.29, 0.717) is 11.6 Å². The summed E-state index contributed by atoms with van der Waals surface area (Å²) in [4.78, 5) is 29.0. The van der Waals surface area contributed by atoms with Crippen molar-refractivity contribution in [3.63, 3.8) is 0 Å². The number of pyridine rings is 1. The highest BCUT2D eigenvalue weighted by Crippen LogP contribution is 2.36. The number of hydrogen-bond acceptors (Lipinski definition) is 5. The summed E-state index contributed by atoms with van der Waals surface area (Å²) >= 11 is 0. The summed E-state index contributed by atoms with van der Waals surface area (Å²) in [7, 11) is 1.96. The van der Waals surface area contributed by atoms with Crippen molar-refractivity contribution in [2.24, 2.45) is 0 Å². The summed E-state index contributed by atoms with van der Waals surface area (Å²) in [6.45, 7) is 2.34. The smallest absolute Gasteiger partial charge is 0.336 e. The molecule has 0 amide bonds. The molecule has 7 nitrogen and oxygen atoms in total. The number of nitrogens with zero attached hydrogens (tertiary/aromatic N) is 2. The van der Waals surface area contributed by atoms with E-state index in [9.17, 15) is 19.8 Å². The Morgan fingerprint density at radius 3 is 2.65 bits per heavy atom. The van der Waals surface area contributed by atoms with Crippen molar-refractivity contribution in [1.82, 2.24) is 9.88 Å². The molecule has 0 spiro atoms. The summed E-state index contributed by atoms with van der Waals surface area (Å²) in [5.74, 6) is -0.463. The molecule has 0 radical (unpaired) electrons. The van der Waals surface area contributed by atoms with Crippen LogP contribution in [0.15, 0.2) is 18.5 Å². The highest BCUT2D eigenvalue weighted by Gasteiger charge is 2.31. The Morgan fingerprint density at radius 2 is 2.15 bits per heavy atom. The highest BCUT2D eigenvalue weighted by molar-refractivity contribution is 6.19. The summed E-state index contributed by atoms with van der Waals surface area (Å²) in [6, 6.07) is 0.00546. The van der Waals surface area contributed by atoms with Crippen LogP contribution in [0.2, 0.25) is 0 Å². The van der Waals surface area contributed by atoms with Gasteiger partial charge in [-0.05, 0) is 44.5 Å². The van der Waals surface area contributed by atoms with Crippen molar-refractivity contribution in [2.75, 3.05) is 13.6 Å². The number of carboxylic acid groups (broad SMARTS) is 2. The highest BCUT2D eigenvalue weighted by atomic mass is 16.4. The number of carboxylic acids is 2. The number of hydrogen-bond donors (Lipinski definition) is 3. The molecule has 1 fully saturated rings. The number of likely N-dealkylation sites (tertiary alicyclic amines) is 1. The molecule has 0 saturated carbocycles. The number of aliphatic carboxylic acids is 2. The third kappa shape index (κ3) is 4.28. The first-order chi connectivity index (χ1) is 12.2. The zero-order valence-electron chi connectivity index (χ0n) is 14.8. The standard InChI is InChI=1S/C19H22N2O5/c1-4-19(2,26)9-13-14(12(18(24)25)8-17(22)23)10-20-11-15(13)16-6-5-7-21(16)3/h1,8,10-11,16,26H,5-7,9H2,2-3H3,(H,22,23)(H,24,25)/b12-8-. The average Bonchev–Trinajstić information content (AvgIpc) is 2.98. The molecule has 1 aromatic rings. The Balaban J connectivity index is 2.69. The lowest BCUT2D eigenvalue weighted by Gasteiger charge is -2.27. The van der Waals surface area contributed by atoms with Crippen LogP contribution >= 0.6 is 0 Å². The predicted molar refractivity (Wildman–Crippen MR) is 95.3 cm³/mol. The van der Waals surface area contributed by atoms with Gasteiger partial charge >= 0.3 is 11.9 Å². The second-order valence-electron chi connectivity index (χ2n) is 6.69. The second kappa shape index (κ2) is 7.68. The zero-order valence-corrected chi connectivity index (χ0v) is 14.8. The molecule has 3 N–H and O–H groups in total. The monoisotopic (exact) mass is 358 g/mol. The van der Waals surface area contributed by atoms with Gasteiger partial charge in [-0.3, -0.25) is 9.88 Å². The maximum atomic E-state index is 11.6. The minimum absolute atomic E-state index is 0.00546. The van der Waals surface area contributed by atoms with Crippen LogP contribution in [0, 0.1) is 12.3 Å². The molecule has 138 valence electrons. The molecule has 1 aromatic heterocycles. The Morgan fingerprint density at radius 1 is 1.46 bits per heavy atom. The van der Waals surface area contributed by atoms with Gasteiger partial charge < -0.3 is 15.3 Å². The van der Waals surface area contributed by atoms with Gasteiger partial charge in [-0.1, -0.05) is 5.92 Å². The molecule has 1 aliphatic rings. The quantitative estimate of drug-likeness (QED) is 0.519. The Labute approximate surface area is 152 Å². The molecule has 1 saturated heterocycles. The summed E-state index contributed by atoms with van der Waals surface area (Å²) in [6.07, 6.45) is 10.8. The lowest BCUT2D eigenvalue weighted by atomic mass is 9.86. The van der Waals surface area contributed by atoms with Crippen LogP contribution in [0.25, 0.3) is 5.57 Å². The zero-order chi connectivity index (χ0) is 19.5. The van der Waals surface area contributed by atoms with Crippen molar-refractivity contribution >= 4 is 17.5 Å². The SMILES string of the molecule is C#CC(C)(O)Cc1c(/C(=C/C(=O)O)C(=O)O)cncc1C1CCCN1C. The maximum Gasteiger partial charge on any atom is 0.336 e. The first-order valence-corrected chi connectivity index (χ1v) is 8.21. The first kappa shape index (κ1) is 19.6. The normalized spacial score (nSPS) is 20.4. The molecular weight excluding hydrogens is 336 g/mol.